The summed E-state index contributed by atoms with van der Waals surface area (Å²) >= 11 is 7.82. The fourth-order valence-electron chi connectivity index (χ4n) is 1.72. The molecule has 0 aliphatic heterocycles. The summed E-state index contributed by atoms with van der Waals surface area (Å²) in [6.07, 6.45) is 0. The Labute approximate surface area is 127 Å². The van der Waals surface area contributed by atoms with E-state index >= 15 is 0 Å². The van der Waals surface area contributed by atoms with Crippen LogP contribution in [0, 0.1) is 6.92 Å². The van der Waals surface area contributed by atoms with Crippen molar-refractivity contribution in [1.29, 1.82) is 0 Å². The molecular weight excluding hydrogens is 292 g/mol. The van der Waals surface area contributed by atoms with Gasteiger partial charge in [0.1, 0.15) is 0 Å². The summed E-state index contributed by atoms with van der Waals surface area (Å²) in [6, 6.07) is 11.1. The Balaban J connectivity index is 2.10. The van der Waals surface area contributed by atoms with Gasteiger partial charge in [0, 0.05) is 26.9 Å². The van der Waals surface area contributed by atoms with Crippen LogP contribution < -0.4 is 11.5 Å². The standard InChI is InChI=1S/C15H15ClN2OS/c1-9-6-12(4-5-14(9)17)20-8-11-3-2-10(15(18)19)7-13(11)16/h2-7H,8,17H2,1H3,(H2,18,19). The normalized spacial score (nSPS) is 10.5. The highest BCUT2D eigenvalue weighted by Crippen LogP contribution is 2.29. The van der Waals surface area contributed by atoms with Crippen molar-refractivity contribution in [1.82, 2.24) is 0 Å². The van der Waals surface area contributed by atoms with Crippen molar-refractivity contribution in [3.05, 3.63) is 58.1 Å². The molecule has 0 unspecified atom stereocenters. The summed E-state index contributed by atoms with van der Waals surface area (Å²) in [5.74, 6) is 0.251. The average molecular weight is 307 g/mol. The number of halogens is 1. The lowest BCUT2D eigenvalue weighted by Crippen LogP contribution is -2.10. The van der Waals surface area contributed by atoms with Crippen LogP contribution in [0.1, 0.15) is 21.5 Å². The number of carbonyl (C=O) groups is 1. The number of aryl methyl sites for hydroxylation is 1. The second-order valence-corrected chi connectivity index (χ2v) is 5.93. The average Bonchev–Trinajstić information content (AvgIpc) is 2.41. The molecule has 0 saturated carbocycles. The summed E-state index contributed by atoms with van der Waals surface area (Å²) in [5, 5.41) is 0.556. The minimum absolute atomic E-state index is 0.423. The quantitative estimate of drug-likeness (QED) is 0.669. The molecule has 2 aromatic carbocycles. The van der Waals surface area contributed by atoms with Crippen LogP contribution in [0.4, 0.5) is 5.69 Å². The van der Waals surface area contributed by atoms with Crippen molar-refractivity contribution in [2.45, 2.75) is 17.6 Å². The number of nitrogens with two attached hydrogens (primary N) is 2. The predicted molar refractivity (Wildman–Crippen MR) is 85.1 cm³/mol. The van der Waals surface area contributed by atoms with Crippen LogP contribution in [0.25, 0.3) is 0 Å². The van der Waals surface area contributed by atoms with Crippen LogP contribution in [0.15, 0.2) is 41.3 Å². The first kappa shape index (κ1) is 14.8. The fourth-order valence-corrected chi connectivity index (χ4v) is 3.04. The second kappa shape index (κ2) is 6.20. The molecule has 0 atom stereocenters. The van der Waals surface area contributed by atoms with Gasteiger partial charge < -0.3 is 11.5 Å². The maximum Gasteiger partial charge on any atom is 0.248 e. The second-order valence-electron chi connectivity index (χ2n) is 4.48. The Kier molecular flexibility index (Phi) is 4.57. The van der Waals surface area contributed by atoms with Gasteiger partial charge >= 0.3 is 0 Å². The molecule has 0 fully saturated rings. The number of rotatable bonds is 4. The van der Waals surface area contributed by atoms with Crippen molar-refractivity contribution in [2.75, 3.05) is 5.73 Å². The van der Waals surface area contributed by atoms with Crippen LogP contribution in [0.3, 0.4) is 0 Å². The molecule has 0 aromatic heterocycles. The minimum atomic E-state index is -0.472. The number of anilines is 1. The molecule has 0 aliphatic rings. The highest BCUT2D eigenvalue weighted by molar-refractivity contribution is 7.98. The number of amides is 1. The van der Waals surface area contributed by atoms with Gasteiger partial charge in [-0.15, -0.1) is 11.8 Å². The molecule has 2 aromatic rings. The number of hydrogen-bond donors (Lipinski definition) is 2. The number of primary amides is 1. The first-order chi connectivity index (χ1) is 9.47. The highest BCUT2D eigenvalue weighted by Gasteiger charge is 2.06. The largest absolute Gasteiger partial charge is 0.399 e. The van der Waals surface area contributed by atoms with Crippen molar-refractivity contribution in [3.8, 4) is 0 Å². The molecule has 0 spiro atoms. The number of hydrogen-bond acceptors (Lipinski definition) is 3. The zero-order chi connectivity index (χ0) is 14.7. The van der Waals surface area contributed by atoms with Gasteiger partial charge in [0.15, 0.2) is 0 Å². The summed E-state index contributed by atoms with van der Waals surface area (Å²) in [6.45, 7) is 1.98. The minimum Gasteiger partial charge on any atom is -0.399 e. The third kappa shape index (κ3) is 3.46. The first-order valence-electron chi connectivity index (χ1n) is 6.04. The number of nitrogen functional groups attached to an aromatic ring is 1. The van der Waals surface area contributed by atoms with Crippen LogP contribution in [-0.4, -0.2) is 5.91 Å². The highest BCUT2D eigenvalue weighted by atomic mass is 35.5. The molecule has 0 radical (unpaired) electrons. The predicted octanol–water partition coefficient (Wildman–Crippen LogP) is 3.62. The molecule has 20 heavy (non-hydrogen) atoms. The van der Waals surface area contributed by atoms with Gasteiger partial charge in [0.25, 0.3) is 0 Å². The zero-order valence-electron chi connectivity index (χ0n) is 11.0. The lowest BCUT2D eigenvalue weighted by atomic mass is 10.1. The van der Waals surface area contributed by atoms with Gasteiger partial charge in [-0.1, -0.05) is 17.7 Å². The zero-order valence-corrected chi connectivity index (χ0v) is 12.6. The Morgan fingerprint density at radius 2 is 2.00 bits per heavy atom. The molecule has 4 N–H and O–H groups in total. The summed E-state index contributed by atoms with van der Waals surface area (Å²) in [7, 11) is 0. The molecule has 3 nitrogen and oxygen atoms in total. The van der Waals surface area contributed by atoms with Crippen molar-refractivity contribution < 1.29 is 4.79 Å². The third-order valence-corrected chi connectivity index (χ3v) is 4.37. The van der Waals surface area contributed by atoms with Gasteiger partial charge in [-0.3, -0.25) is 4.79 Å². The molecular formula is C15H15ClN2OS. The molecule has 1 amide bonds. The Bertz CT molecular complexity index is 658. The first-order valence-corrected chi connectivity index (χ1v) is 7.41. The Morgan fingerprint density at radius 3 is 2.60 bits per heavy atom. The van der Waals surface area contributed by atoms with E-state index in [1.807, 2.05) is 31.2 Å². The molecule has 0 saturated heterocycles. The smallest absolute Gasteiger partial charge is 0.248 e. The van der Waals surface area contributed by atoms with E-state index in [9.17, 15) is 4.79 Å². The van der Waals surface area contributed by atoms with Gasteiger partial charge in [0.05, 0.1) is 0 Å². The van der Waals surface area contributed by atoms with Crippen molar-refractivity contribution >= 4 is 35.0 Å². The van der Waals surface area contributed by atoms with Crippen LogP contribution in [0.5, 0.6) is 0 Å². The lowest BCUT2D eigenvalue weighted by molar-refractivity contribution is 0.100. The van der Waals surface area contributed by atoms with Crippen molar-refractivity contribution in [2.24, 2.45) is 5.73 Å². The van der Waals surface area contributed by atoms with Gasteiger partial charge in [-0.2, -0.15) is 0 Å². The lowest BCUT2D eigenvalue weighted by Gasteiger charge is -2.07. The van der Waals surface area contributed by atoms with Crippen molar-refractivity contribution in [3.63, 3.8) is 0 Å². The van der Waals surface area contributed by atoms with E-state index in [2.05, 4.69) is 0 Å². The monoisotopic (exact) mass is 306 g/mol. The van der Waals surface area contributed by atoms with E-state index in [1.165, 1.54) is 0 Å². The fraction of sp³-hybridized carbons (Fsp3) is 0.133. The summed E-state index contributed by atoms with van der Waals surface area (Å²) in [4.78, 5) is 12.2. The van der Waals surface area contributed by atoms with E-state index < -0.39 is 5.91 Å². The van der Waals surface area contributed by atoms with E-state index in [1.54, 1.807) is 23.9 Å². The molecule has 0 bridgehead atoms. The Hall–Kier alpha value is -1.65. The molecule has 0 aliphatic carbocycles. The number of benzene rings is 2. The van der Waals surface area contributed by atoms with E-state index in [0.717, 1.165) is 27.5 Å². The number of thioether (sulfide) groups is 1. The SMILES string of the molecule is Cc1cc(SCc2ccc(C(N)=O)cc2Cl)ccc1N. The molecule has 0 heterocycles. The van der Waals surface area contributed by atoms with Crippen LogP contribution >= 0.6 is 23.4 Å². The van der Waals surface area contributed by atoms with E-state index in [4.69, 9.17) is 23.1 Å². The van der Waals surface area contributed by atoms with Gasteiger partial charge in [0.2, 0.25) is 5.91 Å². The summed E-state index contributed by atoms with van der Waals surface area (Å²) in [5.41, 5.74) is 14.2. The Morgan fingerprint density at radius 1 is 1.25 bits per heavy atom. The molecule has 2 rings (SSSR count). The van der Waals surface area contributed by atoms with Gasteiger partial charge in [-0.25, -0.2) is 0 Å². The van der Waals surface area contributed by atoms with Crippen LogP contribution in [0.2, 0.25) is 5.02 Å². The molecule has 104 valence electrons. The van der Waals surface area contributed by atoms with Gasteiger partial charge in [-0.05, 0) is 48.4 Å². The van der Waals surface area contributed by atoms with E-state index in [0.29, 0.717) is 10.6 Å². The number of carbonyl (C=O) groups excluding carboxylic acids is 1. The maximum atomic E-state index is 11.1. The molecule has 5 heteroatoms. The third-order valence-electron chi connectivity index (χ3n) is 2.97. The van der Waals surface area contributed by atoms with E-state index in [-0.39, 0.29) is 0 Å². The summed E-state index contributed by atoms with van der Waals surface area (Å²) < 4.78 is 0. The van der Waals surface area contributed by atoms with Crippen LogP contribution in [-0.2, 0) is 5.75 Å². The maximum absolute atomic E-state index is 11.1. The topological polar surface area (TPSA) is 69.1 Å².